The molecule has 1 N–H and O–H groups in total. The van der Waals surface area contributed by atoms with Crippen molar-refractivity contribution in [2.45, 2.75) is 26.7 Å². The minimum absolute atomic E-state index is 0.0424. The Hall–Kier alpha value is -3.28. The maximum atomic E-state index is 12.5. The predicted molar refractivity (Wildman–Crippen MR) is 112 cm³/mol. The van der Waals surface area contributed by atoms with Gasteiger partial charge in [-0.1, -0.05) is 12.1 Å². The number of hydrogen-bond donors (Lipinski definition) is 1. The smallest absolute Gasteiger partial charge is 0.340 e. The topological polar surface area (TPSA) is 77.8 Å². The molecule has 0 saturated carbocycles. The highest BCUT2D eigenvalue weighted by molar-refractivity contribution is 5.89. The Morgan fingerprint density at radius 2 is 1.90 bits per heavy atom. The van der Waals surface area contributed by atoms with Gasteiger partial charge in [-0.3, -0.25) is 4.79 Å². The molecule has 0 atom stereocenters. The number of carbonyl (C=O) groups excluding carboxylic acids is 1. The van der Waals surface area contributed by atoms with E-state index in [0.717, 1.165) is 22.3 Å². The van der Waals surface area contributed by atoms with E-state index in [0.29, 0.717) is 35.4 Å². The van der Waals surface area contributed by atoms with E-state index in [2.05, 4.69) is 5.32 Å². The average molecular weight is 395 g/mol. The largest absolute Gasteiger partial charge is 0.497 e. The van der Waals surface area contributed by atoms with Crippen molar-refractivity contribution in [2.24, 2.45) is 0 Å². The summed E-state index contributed by atoms with van der Waals surface area (Å²) < 4.78 is 16.1. The molecule has 1 amide bonds. The minimum atomic E-state index is -0.495. The molecule has 0 unspecified atom stereocenters. The van der Waals surface area contributed by atoms with Crippen molar-refractivity contribution in [1.29, 1.82) is 0 Å². The summed E-state index contributed by atoms with van der Waals surface area (Å²) >= 11 is 0. The third kappa shape index (κ3) is 4.59. The minimum Gasteiger partial charge on any atom is -0.497 e. The van der Waals surface area contributed by atoms with E-state index >= 15 is 0 Å². The van der Waals surface area contributed by atoms with Crippen LogP contribution in [0.5, 0.6) is 11.5 Å². The highest BCUT2D eigenvalue weighted by Gasteiger charge is 2.18. The fourth-order valence-corrected chi connectivity index (χ4v) is 3.40. The number of methoxy groups -OCH3 is 2. The number of hydrogen-bond acceptors (Lipinski definition) is 5. The molecule has 3 rings (SSSR count). The summed E-state index contributed by atoms with van der Waals surface area (Å²) in [7, 11) is 3.19. The lowest BCUT2D eigenvalue weighted by atomic mass is 10.0. The SMILES string of the molecule is COc1cccc(CCNC(=O)Cc2c(C)c3c(OC)cc(C)cc3oc2=O)c1. The number of benzene rings is 2. The van der Waals surface area contributed by atoms with Crippen molar-refractivity contribution in [3.8, 4) is 11.5 Å². The van der Waals surface area contributed by atoms with E-state index in [9.17, 15) is 9.59 Å². The van der Waals surface area contributed by atoms with Crippen LogP contribution in [0.25, 0.3) is 11.0 Å². The summed E-state index contributed by atoms with van der Waals surface area (Å²) in [5, 5.41) is 3.59. The molecule has 0 aliphatic heterocycles. The molecule has 0 fully saturated rings. The Morgan fingerprint density at radius 3 is 2.62 bits per heavy atom. The number of fused-ring (bicyclic) bond motifs is 1. The van der Waals surface area contributed by atoms with E-state index in [-0.39, 0.29) is 12.3 Å². The highest BCUT2D eigenvalue weighted by atomic mass is 16.5. The Bertz CT molecular complexity index is 1100. The summed E-state index contributed by atoms with van der Waals surface area (Å²) in [4.78, 5) is 24.9. The maximum Gasteiger partial charge on any atom is 0.340 e. The highest BCUT2D eigenvalue weighted by Crippen LogP contribution is 2.30. The molecule has 0 spiro atoms. The molecule has 0 aliphatic carbocycles. The Balaban J connectivity index is 1.74. The van der Waals surface area contributed by atoms with Crippen LogP contribution in [0.1, 0.15) is 22.3 Å². The molecule has 29 heavy (non-hydrogen) atoms. The summed E-state index contributed by atoms with van der Waals surface area (Å²) in [5.74, 6) is 1.18. The van der Waals surface area contributed by atoms with E-state index in [1.54, 1.807) is 20.3 Å². The van der Waals surface area contributed by atoms with Gasteiger partial charge in [0, 0.05) is 6.54 Å². The van der Waals surface area contributed by atoms with Crippen molar-refractivity contribution in [2.75, 3.05) is 20.8 Å². The van der Waals surface area contributed by atoms with Crippen LogP contribution in [0.15, 0.2) is 45.6 Å². The fraction of sp³-hybridized carbons (Fsp3) is 0.304. The molecule has 0 radical (unpaired) electrons. The first kappa shape index (κ1) is 20.5. The van der Waals surface area contributed by atoms with Gasteiger partial charge in [0.05, 0.1) is 31.6 Å². The van der Waals surface area contributed by atoms with Gasteiger partial charge in [-0.05, 0) is 61.2 Å². The second-order valence-electron chi connectivity index (χ2n) is 6.96. The van der Waals surface area contributed by atoms with Crippen molar-refractivity contribution >= 4 is 16.9 Å². The van der Waals surface area contributed by atoms with Gasteiger partial charge in [0.1, 0.15) is 17.1 Å². The third-order valence-corrected chi connectivity index (χ3v) is 4.91. The van der Waals surface area contributed by atoms with Crippen molar-refractivity contribution in [1.82, 2.24) is 5.32 Å². The molecule has 1 aromatic heterocycles. The molecule has 6 heteroatoms. The zero-order valence-electron chi connectivity index (χ0n) is 17.1. The van der Waals surface area contributed by atoms with Gasteiger partial charge in [-0.2, -0.15) is 0 Å². The predicted octanol–water partition coefficient (Wildman–Crippen LogP) is 3.33. The van der Waals surface area contributed by atoms with Gasteiger partial charge in [0.15, 0.2) is 0 Å². The Kier molecular flexibility index (Phi) is 6.22. The number of aryl methyl sites for hydroxylation is 2. The van der Waals surface area contributed by atoms with E-state index in [1.807, 2.05) is 44.2 Å². The third-order valence-electron chi connectivity index (χ3n) is 4.91. The molecule has 2 aromatic carbocycles. The zero-order valence-corrected chi connectivity index (χ0v) is 17.1. The van der Waals surface area contributed by atoms with Crippen LogP contribution in [-0.4, -0.2) is 26.7 Å². The van der Waals surface area contributed by atoms with E-state index in [4.69, 9.17) is 13.9 Å². The number of amides is 1. The van der Waals surface area contributed by atoms with Gasteiger partial charge in [-0.15, -0.1) is 0 Å². The second kappa shape index (κ2) is 8.82. The van der Waals surface area contributed by atoms with Crippen LogP contribution < -0.4 is 20.4 Å². The lowest BCUT2D eigenvalue weighted by Gasteiger charge is -2.12. The van der Waals surface area contributed by atoms with Crippen LogP contribution >= 0.6 is 0 Å². The number of rotatable bonds is 7. The van der Waals surface area contributed by atoms with Gasteiger partial charge in [0.2, 0.25) is 5.91 Å². The van der Waals surface area contributed by atoms with Crippen molar-refractivity contribution < 1.29 is 18.7 Å². The molecule has 3 aromatic rings. The lowest BCUT2D eigenvalue weighted by Crippen LogP contribution is -2.29. The average Bonchev–Trinajstić information content (AvgIpc) is 2.70. The Labute approximate surface area is 169 Å². The summed E-state index contributed by atoms with van der Waals surface area (Å²) in [6, 6.07) is 11.4. The van der Waals surface area contributed by atoms with Gasteiger partial charge < -0.3 is 19.2 Å². The summed E-state index contributed by atoms with van der Waals surface area (Å²) in [6.07, 6.45) is 0.626. The Morgan fingerprint density at radius 1 is 1.10 bits per heavy atom. The quantitative estimate of drug-likeness (QED) is 0.621. The van der Waals surface area contributed by atoms with Crippen LogP contribution in [0.3, 0.4) is 0 Å². The van der Waals surface area contributed by atoms with Gasteiger partial charge in [0.25, 0.3) is 0 Å². The number of carbonyl (C=O) groups is 1. The van der Waals surface area contributed by atoms with Crippen molar-refractivity contribution in [3.63, 3.8) is 0 Å². The standard InChI is InChI=1S/C23H25NO5/c1-14-10-19(28-4)22-15(2)18(23(26)29-20(22)11-14)13-21(25)24-9-8-16-6-5-7-17(12-16)27-3/h5-7,10-12H,8-9,13H2,1-4H3,(H,24,25). The molecule has 0 bridgehead atoms. The lowest BCUT2D eigenvalue weighted by molar-refractivity contribution is -0.120. The fourth-order valence-electron chi connectivity index (χ4n) is 3.40. The van der Waals surface area contributed by atoms with Crippen LogP contribution in [0.2, 0.25) is 0 Å². The van der Waals surface area contributed by atoms with E-state index in [1.165, 1.54) is 0 Å². The maximum absolute atomic E-state index is 12.5. The van der Waals surface area contributed by atoms with Gasteiger partial charge in [-0.25, -0.2) is 4.79 Å². The molecule has 152 valence electrons. The first-order valence-corrected chi connectivity index (χ1v) is 9.43. The van der Waals surface area contributed by atoms with Crippen LogP contribution in [-0.2, 0) is 17.6 Å². The molecular weight excluding hydrogens is 370 g/mol. The first-order chi connectivity index (χ1) is 13.9. The number of ether oxygens (including phenoxy) is 2. The zero-order chi connectivity index (χ0) is 21.0. The monoisotopic (exact) mass is 395 g/mol. The first-order valence-electron chi connectivity index (χ1n) is 9.43. The second-order valence-corrected chi connectivity index (χ2v) is 6.96. The van der Waals surface area contributed by atoms with Gasteiger partial charge >= 0.3 is 5.63 Å². The summed E-state index contributed by atoms with van der Waals surface area (Å²) in [6.45, 7) is 4.18. The molecule has 1 heterocycles. The molecule has 0 saturated heterocycles. The van der Waals surface area contributed by atoms with Crippen molar-refractivity contribution in [3.05, 3.63) is 69.1 Å². The van der Waals surface area contributed by atoms with Crippen LogP contribution in [0.4, 0.5) is 0 Å². The van der Waals surface area contributed by atoms with Crippen LogP contribution in [0, 0.1) is 13.8 Å². The number of nitrogens with one attached hydrogen (secondary N) is 1. The normalized spacial score (nSPS) is 10.8. The van der Waals surface area contributed by atoms with E-state index < -0.39 is 5.63 Å². The summed E-state index contributed by atoms with van der Waals surface area (Å²) in [5.41, 5.74) is 3.01. The molecule has 6 nitrogen and oxygen atoms in total. The molecule has 0 aliphatic rings. The molecular formula is C23H25NO5.